The monoisotopic (exact) mass is 348 g/mol. The van der Waals surface area contributed by atoms with Gasteiger partial charge in [-0.3, -0.25) is 9.80 Å². The highest BCUT2D eigenvalue weighted by Gasteiger charge is 2.16. The van der Waals surface area contributed by atoms with Crippen LogP contribution in [0.25, 0.3) is 0 Å². The standard InChI is InChI=1S/C18H25FN4S/c1-21(2)18-20-12-17(24-18)14-23-9-3-8-22(10-11-23)13-15-4-6-16(19)7-5-15/h4-7,12H,3,8-11,13-14H2,1-2H3. The zero-order valence-electron chi connectivity index (χ0n) is 14.4. The second-order valence-corrected chi connectivity index (χ2v) is 7.63. The van der Waals surface area contributed by atoms with Crippen LogP contribution in [0.1, 0.15) is 16.9 Å². The molecule has 6 heteroatoms. The molecule has 24 heavy (non-hydrogen) atoms. The first-order chi connectivity index (χ1) is 11.6. The third-order valence-corrected chi connectivity index (χ3v) is 5.45. The Labute approximate surface area is 147 Å². The normalized spacial score (nSPS) is 17.0. The Hall–Kier alpha value is -1.50. The summed E-state index contributed by atoms with van der Waals surface area (Å²) >= 11 is 1.77. The first kappa shape index (κ1) is 17.3. The van der Waals surface area contributed by atoms with Gasteiger partial charge in [0.15, 0.2) is 5.13 Å². The van der Waals surface area contributed by atoms with E-state index in [4.69, 9.17) is 0 Å². The number of rotatable bonds is 5. The number of halogens is 1. The van der Waals surface area contributed by atoms with Gasteiger partial charge in [-0.1, -0.05) is 12.1 Å². The van der Waals surface area contributed by atoms with Crippen molar-refractivity contribution in [1.82, 2.24) is 14.8 Å². The van der Waals surface area contributed by atoms with Gasteiger partial charge in [0.05, 0.1) is 0 Å². The number of anilines is 1. The molecule has 2 heterocycles. The minimum Gasteiger partial charge on any atom is -0.354 e. The van der Waals surface area contributed by atoms with E-state index < -0.39 is 0 Å². The van der Waals surface area contributed by atoms with Crippen molar-refractivity contribution >= 4 is 16.5 Å². The van der Waals surface area contributed by atoms with Crippen LogP contribution in [0.2, 0.25) is 0 Å². The second-order valence-electron chi connectivity index (χ2n) is 6.54. The molecule has 4 nitrogen and oxygen atoms in total. The molecule has 2 aromatic rings. The molecule has 0 bridgehead atoms. The van der Waals surface area contributed by atoms with Gasteiger partial charge in [-0.05, 0) is 37.2 Å². The van der Waals surface area contributed by atoms with Crippen LogP contribution in [0.15, 0.2) is 30.5 Å². The van der Waals surface area contributed by atoms with E-state index in [9.17, 15) is 4.39 Å². The van der Waals surface area contributed by atoms with Gasteiger partial charge in [-0.15, -0.1) is 11.3 Å². The van der Waals surface area contributed by atoms with Crippen molar-refractivity contribution in [2.24, 2.45) is 0 Å². The van der Waals surface area contributed by atoms with E-state index in [0.717, 1.165) is 44.4 Å². The maximum absolute atomic E-state index is 13.0. The number of hydrogen-bond acceptors (Lipinski definition) is 5. The predicted molar refractivity (Wildman–Crippen MR) is 98.0 cm³/mol. The van der Waals surface area contributed by atoms with Crippen molar-refractivity contribution in [1.29, 1.82) is 0 Å². The Morgan fingerprint density at radius 2 is 1.71 bits per heavy atom. The fourth-order valence-electron chi connectivity index (χ4n) is 2.99. The van der Waals surface area contributed by atoms with Crippen LogP contribution in [0, 0.1) is 5.82 Å². The Balaban J connectivity index is 1.51. The number of thiazole rings is 1. The van der Waals surface area contributed by atoms with Crippen molar-refractivity contribution < 1.29 is 4.39 Å². The molecule has 0 N–H and O–H groups in total. The summed E-state index contributed by atoms with van der Waals surface area (Å²) in [7, 11) is 4.06. The summed E-state index contributed by atoms with van der Waals surface area (Å²) in [5.74, 6) is -0.164. The van der Waals surface area contributed by atoms with E-state index in [1.54, 1.807) is 23.5 Å². The van der Waals surface area contributed by atoms with Crippen LogP contribution in [0.3, 0.4) is 0 Å². The van der Waals surface area contributed by atoms with Gasteiger partial charge in [0.1, 0.15) is 5.82 Å². The Morgan fingerprint density at radius 3 is 2.33 bits per heavy atom. The number of hydrogen-bond donors (Lipinski definition) is 0. The molecular formula is C18H25FN4S. The zero-order chi connectivity index (χ0) is 16.9. The minimum absolute atomic E-state index is 0.164. The molecule has 0 amide bonds. The second kappa shape index (κ2) is 8.05. The lowest BCUT2D eigenvalue weighted by molar-refractivity contribution is 0.248. The van der Waals surface area contributed by atoms with E-state index in [1.807, 2.05) is 32.4 Å². The molecule has 0 saturated carbocycles. The van der Waals surface area contributed by atoms with Crippen LogP contribution in [-0.4, -0.2) is 55.1 Å². The van der Waals surface area contributed by atoms with Gasteiger partial charge in [0, 0.05) is 51.3 Å². The molecule has 1 aromatic carbocycles. The molecule has 1 aliphatic rings. The van der Waals surface area contributed by atoms with Crippen molar-refractivity contribution in [2.75, 3.05) is 45.2 Å². The summed E-state index contributed by atoms with van der Waals surface area (Å²) in [4.78, 5) is 12.8. The lowest BCUT2D eigenvalue weighted by atomic mass is 10.2. The maximum atomic E-state index is 13.0. The number of aromatic nitrogens is 1. The van der Waals surface area contributed by atoms with Crippen molar-refractivity contribution in [3.8, 4) is 0 Å². The lowest BCUT2D eigenvalue weighted by Gasteiger charge is -2.21. The van der Waals surface area contributed by atoms with Gasteiger partial charge in [0.25, 0.3) is 0 Å². The quantitative estimate of drug-likeness (QED) is 0.828. The third kappa shape index (κ3) is 4.75. The molecular weight excluding hydrogens is 323 g/mol. The molecule has 0 radical (unpaired) electrons. The summed E-state index contributed by atoms with van der Waals surface area (Å²) in [5, 5.41) is 1.07. The van der Waals surface area contributed by atoms with E-state index in [2.05, 4.69) is 19.7 Å². The highest BCUT2D eigenvalue weighted by molar-refractivity contribution is 7.15. The minimum atomic E-state index is -0.164. The maximum Gasteiger partial charge on any atom is 0.185 e. The van der Waals surface area contributed by atoms with E-state index in [-0.39, 0.29) is 5.82 Å². The third-order valence-electron chi connectivity index (χ3n) is 4.30. The highest BCUT2D eigenvalue weighted by Crippen LogP contribution is 2.22. The fourth-order valence-corrected chi connectivity index (χ4v) is 3.86. The summed E-state index contributed by atoms with van der Waals surface area (Å²) in [5.41, 5.74) is 1.18. The highest BCUT2D eigenvalue weighted by atomic mass is 32.1. The van der Waals surface area contributed by atoms with Crippen LogP contribution in [0.4, 0.5) is 9.52 Å². The van der Waals surface area contributed by atoms with E-state index >= 15 is 0 Å². The Morgan fingerprint density at radius 1 is 1.04 bits per heavy atom. The van der Waals surface area contributed by atoms with Gasteiger partial charge in [-0.25, -0.2) is 9.37 Å². The first-order valence-electron chi connectivity index (χ1n) is 8.41. The predicted octanol–water partition coefficient (Wildman–Crippen LogP) is 3.06. The van der Waals surface area contributed by atoms with Gasteiger partial charge in [-0.2, -0.15) is 0 Å². The topological polar surface area (TPSA) is 22.6 Å². The Kier molecular flexibility index (Phi) is 5.81. The fraction of sp³-hybridized carbons (Fsp3) is 0.500. The molecule has 1 saturated heterocycles. The average molecular weight is 348 g/mol. The lowest BCUT2D eigenvalue weighted by Crippen LogP contribution is -2.30. The van der Waals surface area contributed by atoms with Gasteiger partial charge < -0.3 is 4.90 Å². The van der Waals surface area contributed by atoms with E-state index in [1.165, 1.54) is 16.9 Å². The van der Waals surface area contributed by atoms with Crippen molar-refractivity contribution in [2.45, 2.75) is 19.5 Å². The van der Waals surface area contributed by atoms with Gasteiger partial charge >= 0.3 is 0 Å². The molecule has 3 rings (SSSR count). The van der Waals surface area contributed by atoms with Crippen LogP contribution >= 0.6 is 11.3 Å². The summed E-state index contributed by atoms with van der Waals surface area (Å²) < 4.78 is 13.0. The molecule has 0 atom stereocenters. The summed E-state index contributed by atoms with van der Waals surface area (Å²) in [6, 6.07) is 6.87. The van der Waals surface area contributed by atoms with Crippen LogP contribution < -0.4 is 4.90 Å². The smallest absolute Gasteiger partial charge is 0.185 e. The number of nitrogens with zero attached hydrogens (tertiary/aromatic N) is 4. The van der Waals surface area contributed by atoms with E-state index in [0.29, 0.717) is 0 Å². The molecule has 1 aromatic heterocycles. The van der Waals surface area contributed by atoms with Crippen LogP contribution in [-0.2, 0) is 13.1 Å². The largest absolute Gasteiger partial charge is 0.354 e. The summed E-state index contributed by atoms with van der Waals surface area (Å²) in [6.07, 6.45) is 3.17. The summed E-state index contributed by atoms with van der Waals surface area (Å²) in [6.45, 7) is 6.22. The van der Waals surface area contributed by atoms with Crippen LogP contribution in [0.5, 0.6) is 0 Å². The van der Waals surface area contributed by atoms with Crippen molar-refractivity contribution in [3.63, 3.8) is 0 Å². The molecule has 0 spiro atoms. The molecule has 1 fully saturated rings. The molecule has 130 valence electrons. The van der Waals surface area contributed by atoms with Gasteiger partial charge in [0.2, 0.25) is 0 Å². The average Bonchev–Trinajstić information content (AvgIpc) is 2.92. The molecule has 0 unspecified atom stereocenters. The molecule has 0 aliphatic carbocycles. The Bertz CT molecular complexity index is 641. The van der Waals surface area contributed by atoms with Crippen molar-refractivity contribution in [3.05, 3.63) is 46.7 Å². The number of benzene rings is 1. The molecule has 1 aliphatic heterocycles. The zero-order valence-corrected chi connectivity index (χ0v) is 15.2. The SMILES string of the molecule is CN(C)c1ncc(CN2CCCN(Cc3ccc(F)cc3)CC2)s1. The first-order valence-corrected chi connectivity index (χ1v) is 9.23.